The molecule has 0 saturated carbocycles. The number of hydrogen-bond donors (Lipinski definition) is 0. The van der Waals surface area contributed by atoms with Gasteiger partial charge in [-0.25, -0.2) is 4.79 Å². The number of nitrogens with zero attached hydrogens (tertiary/aromatic N) is 2. The summed E-state index contributed by atoms with van der Waals surface area (Å²) in [5.74, 6) is 0. The highest BCUT2D eigenvalue weighted by atomic mass is 16.2. The van der Waals surface area contributed by atoms with Crippen LogP contribution in [0.4, 0.5) is 4.79 Å². The Morgan fingerprint density at radius 2 is 1.36 bits per heavy atom. The zero-order chi connectivity index (χ0) is 7.68. The summed E-state index contributed by atoms with van der Waals surface area (Å²) in [6.45, 7) is 3.88. The van der Waals surface area contributed by atoms with Crippen LogP contribution in [-0.4, -0.2) is 42.0 Å². The minimum absolute atomic E-state index is 0.268. The van der Waals surface area contributed by atoms with Crippen LogP contribution in [0.15, 0.2) is 0 Å². The van der Waals surface area contributed by atoms with Gasteiger partial charge in [0.05, 0.1) is 0 Å². The minimum Gasteiger partial charge on any atom is -0.323 e. The van der Waals surface area contributed by atoms with Crippen molar-refractivity contribution in [1.82, 2.24) is 9.80 Å². The highest BCUT2D eigenvalue weighted by Gasteiger charge is 2.28. The van der Waals surface area contributed by atoms with Crippen LogP contribution >= 0.6 is 0 Å². The second-order valence-electron chi connectivity index (χ2n) is 3.32. The molecule has 0 radical (unpaired) electrons. The normalized spacial score (nSPS) is 25.3. The predicted octanol–water partition coefficient (Wildman–Crippen LogP) is 0.908. The molecule has 62 valence electrons. The minimum atomic E-state index is 0.268. The number of carbonyl (C=O) groups is 1. The van der Waals surface area contributed by atoms with Gasteiger partial charge >= 0.3 is 6.03 Å². The van der Waals surface area contributed by atoms with E-state index in [4.69, 9.17) is 0 Å². The SMILES string of the molecule is O=C1N2CCCCCN1CC2. The number of fused-ring (bicyclic) bond motifs is 2. The van der Waals surface area contributed by atoms with Crippen LogP contribution in [0.3, 0.4) is 0 Å². The van der Waals surface area contributed by atoms with Crippen LogP contribution in [0, 0.1) is 0 Å². The zero-order valence-corrected chi connectivity index (χ0v) is 6.75. The highest BCUT2D eigenvalue weighted by molar-refractivity contribution is 5.76. The molecule has 0 N–H and O–H groups in total. The molecule has 0 aliphatic carbocycles. The van der Waals surface area contributed by atoms with Crippen molar-refractivity contribution in [1.29, 1.82) is 0 Å². The van der Waals surface area contributed by atoms with Gasteiger partial charge in [0, 0.05) is 26.2 Å². The quantitative estimate of drug-likeness (QED) is 0.508. The fourth-order valence-corrected chi connectivity index (χ4v) is 1.83. The topological polar surface area (TPSA) is 23.6 Å². The second-order valence-corrected chi connectivity index (χ2v) is 3.32. The molecule has 0 aromatic carbocycles. The lowest BCUT2D eigenvalue weighted by atomic mass is 10.2. The van der Waals surface area contributed by atoms with Gasteiger partial charge in [-0.15, -0.1) is 0 Å². The van der Waals surface area contributed by atoms with E-state index >= 15 is 0 Å². The highest BCUT2D eigenvalue weighted by Crippen LogP contribution is 2.14. The van der Waals surface area contributed by atoms with Crippen molar-refractivity contribution in [2.45, 2.75) is 19.3 Å². The first-order chi connectivity index (χ1) is 5.38. The molecule has 0 atom stereocenters. The molecule has 0 unspecified atom stereocenters. The van der Waals surface area contributed by atoms with Crippen LogP contribution < -0.4 is 0 Å². The van der Waals surface area contributed by atoms with Gasteiger partial charge in [-0.05, 0) is 19.3 Å². The van der Waals surface area contributed by atoms with E-state index in [0.29, 0.717) is 0 Å². The van der Waals surface area contributed by atoms with Crippen molar-refractivity contribution >= 4 is 6.03 Å². The summed E-state index contributed by atoms with van der Waals surface area (Å²) in [5, 5.41) is 0. The molecular weight excluding hydrogens is 140 g/mol. The number of urea groups is 1. The van der Waals surface area contributed by atoms with Crippen LogP contribution in [0.1, 0.15) is 19.3 Å². The third-order valence-corrected chi connectivity index (χ3v) is 2.54. The van der Waals surface area contributed by atoms with E-state index in [1.807, 2.05) is 9.80 Å². The third-order valence-electron chi connectivity index (χ3n) is 2.54. The largest absolute Gasteiger partial charge is 0.323 e. The summed E-state index contributed by atoms with van der Waals surface area (Å²) in [6, 6.07) is 0.268. The van der Waals surface area contributed by atoms with E-state index in [2.05, 4.69) is 0 Å². The zero-order valence-electron chi connectivity index (χ0n) is 6.75. The van der Waals surface area contributed by atoms with Crippen molar-refractivity contribution in [3.8, 4) is 0 Å². The molecule has 2 amide bonds. The number of rotatable bonds is 0. The lowest BCUT2D eigenvalue weighted by molar-refractivity contribution is 0.185. The van der Waals surface area contributed by atoms with E-state index in [-0.39, 0.29) is 6.03 Å². The Balaban J connectivity index is 2.06. The average molecular weight is 154 g/mol. The van der Waals surface area contributed by atoms with Crippen LogP contribution in [0.25, 0.3) is 0 Å². The molecular formula is C8H14N2O. The molecule has 3 nitrogen and oxygen atoms in total. The van der Waals surface area contributed by atoms with Gasteiger partial charge in [0.1, 0.15) is 0 Å². The maximum Gasteiger partial charge on any atom is 0.320 e. The summed E-state index contributed by atoms with van der Waals surface area (Å²) >= 11 is 0. The van der Waals surface area contributed by atoms with E-state index in [9.17, 15) is 4.79 Å². The number of amides is 2. The molecule has 2 rings (SSSR count). The monoisotopic (exact) mass is 154 g/mol. The smallest absolute Gasteiger partial charge is 0.320 e. The first-order valence-electron chi connectivity index (χ1n) is 4.42. The van der Waals surface area contributed by atoms with E-state index in [1.165, 1.54) is 19.3 Å². The first-order valence-corrected chi connectivity index (χ1v) is 4.42. The first kappa shape index (κ1) is 6.95. The molecule has 0 aromatic rings. The van der Waals surface area contributed by atoms with Crippen molar-refractivity contribution < 1.29 is 4.79 Å². The maximum atomic E-state index is 11.4. The van der Waals surface area contributed by atoms with E-state index in [0.717, 1.165) is 26.2 Å². The summed E-state index contributed by atoms with van der Waals surface area (Å²) < 4.78 is 0. The predicted molar refractivity (Wildman–Crippen MR) is 42.4 cm³/mol. The standard InChI is InChI=1S/C8H14N2O/c11-8-9-4-2-1-3-5-10(8)7-6-9/h1-7H2. The fourth-order valence-electron chi connectivity index (χ4n) is 1.83. The molecule has 11 heavy (non-hydrogen) atoms. The van der Waals surface area contributed by atoms with Gasteiger partial charge in [0.2, 0.25) is 0 Å². The second kappa shape index (κ2) is 2.72. The molecule has 2 aliphatic heterocycles. The third kappa shape index (κ3) is 1.19. The Hall–Kier alpha value is -0.730. The lowest BCUT2D eigenvalue weighted by Gasteiger charge is -2.21. The average Bonchev–Trinajstić information content (AvgIpc) is 2.38. The van der Waals surface area contributed by atoms with Gasteiger partial charge in [0.25, 0.3) is 0 Å². The van der Waals surface area contributed by atoms with Crippen LogP contribution in [-0.2, 0) is 0 Å². The molecule has 0 aromatic heterocycles. The van der Waals surface area contributed by atoms with E-state index < -0.39 is 0 Å². The molecule has 2 heterocycles. The Morgan fingerprint density at radius 1 is 0.818 bits per heavy atom. The van der Waals surface area contributed by atoms with Gasteiger partial charge in [0.15, 0.2) is 0 Å². The van der Waals surface area contributed by atoms with Crippen molar-refractivity contribution in [2.75, 3.05) is 26.2 Å². The molecule has 0 spiro atoms. The van der Waals surface area contributed by atoms with Crippen LogP contribution in [0.2, 0.25) is 0 Å². The Labute approximate surface area is 67.0 Å². The van der Waals surface area contributed by atoms with Gasteiger partial charge in [-0.1, -0.05) is 0 Å². The van der Waals surface area contributed by atoms with Gasteiger partial charge in [-0.2, -0.15) is 0 Å². The van der Waals surface area contributed by atoms with Crippen molar-refractivity contribution in [3.05, 3.63) is 0 Å². The van der Waals surface area contributed by atoms with Crippen molar-refractivity contribution in [2.24, 2.45) is 0 Å². The molecule has 2 fully saturated rings. The molecule has 2 bridgehead atoms. The fraction of sp³-hybridized carbons (Fsp3) is 0.875. The summed E-state index contributed by atoms with van der Waals surface area (Å²) in [7, 11) is 0. The number of hydrogen-bond acceptors (Lipinski definition) is 1. The summed E-state index contributed by atoms with van der Waals surface area (Å²) in [5.41, 5.74) is 0. The van der Waals surface area contributed by atoms with Crippen LogP contribution in [0.5, 0.6) is 0 Å². The number of carbonyl (C=O) groups excluding carboxylic acids is 1. The Bertz CT molecular complexity index is 153. The molecule has 3 heteroatoms. The maximum absolute atomic E-state index is 11.4. The van der Waals surface area contributed by atoms with Crippen molar-refractivity contribution in [3.63, 3.8) is 0 Å². The summed E-state index contributed by atoms with van der Waals surface area (Å²) in [6.07, 6.45) is 3.67. The van der Waals surface area contributed by atoms with Gasteiger partial charge < -0.3 is 9.80 Å². The Morgan fingerprint density at radius 3 is 1.91 bits per heavy atom. The summed E-state index contributed by atoms with van der Waals surface area (Å²) in [4.78, 5) is 15.4. The molecule has 2 aliphatic rings. The molecule has 2 saturated heterocycles. The van der Waals surface area contributed by atoms with Gasteiger partial charge in [-0.3, -0.25) is 0 Å². The lowest BCUT2D eigenvalue weighted by Crippen LogP contribution is -2.34. The van der Waals surface area contributed by atoms with E-state index in [1.54, 1.807) is 0 Å². The Kier molecular flexibility index (Phi) is 1.72.